The molecule has 0 aromatic carbocycles. The highest BCUT2D eigenvalue weighted by molar-refractivity contribution is 7.09. The van der Waals surface area contributed by atoms with Crippen molar-refractivity contribution in [2.75, 3.05) is 7.05 Å². The van der Waals surface area contributed by atoms with E-state index < -0.39 is 0 Å². The molecule has 0 saturated carbocycles. The minimum Gasteiger partial charge on any atom is -0.341 e. The zero-order chi connectivity index (χ0) is 13.0. The fraction of sp³-hybridized carbons (Fsp3) is 0.385. The van der Waals surface area contributed by atoms with Crippen molar-refractivity contribution >= 4 is 17.2 Å². The summed E-state index contributed by atoms with van der Waals surface area (Å²) in [6, 6.07) is 4.09. The molecule has 0 aliphatic carbocycles. The average molecular weight is 263 g/mol. The van der Waals surface area contributed by atoms with Gasteiger partial charge in [-0.25, -0.2) is 0 Å². The maximum absolute atomic E-state index is 12.0. The van der Waals surface area contributed by atoms with Crippen LogP contribution < -0.4 is 0 Å². The second-order valence-electron chi connectivity index (χ2n) is 4.35. The standard InChI is InChI=1S/C13H17N3OS/c1-15(9-11-8-14-16(2)10-11)13(17)6-5-12-4-3-7-18-12/h3-4,7-8,10H,5-6,9H2,1-2H3. The van der Waals surface area contributed by atoms with E-state index in [2.05, 4.69) is 11.2 Å². The fourth-order valence-corrected chi connectivity index (χ4v) is 2.50. The molecular formula is C13H17N3OS. The number of carbonyl (C=O) groups excluding carboxylic acids is 1. The Morgan fingerprint density at radius 2 is 2.39 bits per heavy atom. The highest BCUT2D eigenvalue weighted by atomic mass is 32.1. The number of hydrogen-bond acceptors (Lipinski definition) is 3. The van der Waals surface area contributed by atoms with Gasteiger partial charge in [0, 0.05) is 43.7 Å². The Labute approximate surface area is 111 Å². The first kappa shape index (κ1) is 12.8. The maximum atomic E-state index is 12.0. The summed E-state index contributed by atoms with van der Waals surface area (Å²) in [5.74, 6) is 0.173. The van der Waals surface area contributed by atoms with Gasteiger partial charge in [-0.3, -0.25) is 9.48 Å². The highest BCUT2D eigenvalue weighted by Crippen LogP contribution is 2.12. The van der Waals surface area contributed by atoms with E-state index >= 15 is 0 Å². The highest BCUT2D eigenvalue weighted by Gasteiger charge is 2.10. The SMILES string of the molecule is CN(Cc1cnn(C)c1)C(=O)CCc1cccs1. The zero-order valence-corrected chi connectivity index (χ0v) is 11.5. The quantitative estimate of drug-likeness (QED) is 0.828. The molecule has 4 nitrogen and oxygen atoms in total. The van der Waals surface area contributed by atoms with Crippen LogP contribution in [-0.4, -0.2) is 27.6 Å². The number of hydrogen-bond donors (Lipinski definition) is 0. The summed E-state index contributed by atoms with van der Waals surface area (Å²) in [7, 11) is 3.71. The van der Waals surface area contributed by atoms with Gasteiger partial charge in [0.25, 0.3) is 0 Å². The Hall–Kier alpha value is -1.62. The number of aryl methyl sites for hydroxylation is 2. The van der Waals surface area contributed by atoms with Gasteiger partial charge < -0.3 is 4.90 Å². The van der Waals surface area contributed by atoms with Gasteiger partial charge in [-0.15, -0.1) is 11.3 Å². The molecule has 0 spiro atoms. The molecule has 2 heterocycles. The Morgan fingerprint density at radius 3 is 3.00 bits per heavy atom. The molecule has 2 aromatic heterocycles. The minimum atomic E-state index is 0.173. The smallest absolute Gasteiger partial charge is 0.222 e. The number of thiophene rings is 1. The third kappa shape index (κ3) is 3.43. The van der Waals surface area contributed by atoms with E-state index in [0.29, 0.717) is 13.0 Å². The van der Waals surface area contributed by atoms with Crippen molar-refractivity contribution in [3.05, 3.63) is 40.3 Å². The second kappa shape index (κ2) is 5.82. The van der Waals surface area contributed by atoms with Gasteiger partial charge in [0.1, 0.15) is 0 Å². The molecule has 2 aromatic rings. The van der Waals surface area contributed by atoms with Gasteiger partial charge in [-0.1, -0.05) is 6.07 Å². The van der Waals surface area contributed by atoms with Crippen LogP contribution in [0.2, 0.25) is 0 Å². The monoisotopic (exact) mass is 263 g/mol. The van der Waals surface area contributed by atoms with Crippen LogP contribution in [0.3, 0.4) is 0 Å². The number of carbonyl (C=O) groups is 1. The first-order valence-electron chi connectivity index (χ1n) is 5.89. The van der Waals surface area contributed by atoms with Crippen LogP contribution in [0.25, 0.3) is 0 Å². The second-order valence-corrected chi connectivity index (χ2v) is 5.38. The van der Waals surface area contributed by atoms with Crippen molar-refractivity contribution in [1.29, 1.82) is 0 Å². The lowest BCUT2D eigenvalue weighted by atomic mass is 10.2. The van der Waals surface area contributed by atoms with Gasteiger partial charge in [-0.05, 0) is 17.9 Å². The summed E-state index contributed by atoms with van der Waals surface area (Å²) in [4.78, 5) is 15.0. The van der Waals surface area contributed by atoms with E-state index in [1.165, 1.54) is 4.88 Å². The molecule has 0 atom stereocenters. The van der Waals surface area contributed by atoms with Crippen LogP contribution >= 0.6 is 11.3 Å². The summed E-state index contributed by atoms with van der Waals surface area (Å²) in [5.41, 5.74) is 1.06. The molecule has 0 aliphatic rings. The maximum Gasteiger partial charge on any atom is 0.222 e. The Morgan fingerprint density at radius 1 is 1.56 bits per heavy atom. The predicted octanol–water partition coefficient (Wildman–Crippen LogP) is 2.07. The van der Waals surface area contributed by atoms with Gasteiger partial charge in [0.15, 0.2) is 0 Å². The summed E-state index contributed by atoms with van der Waals surface area (Å²) in [6.45, 7) is 0.622. The molecule has 0 radical (unpaired) electrons. The van der Waals surface area contributed by atoms with Gasteiger partial charge in [0.2, 0.25) is 5.91 Å². The lowest BCUT2D eigenvalue weighted by Gasteiger charge is -2.15. The Balaban J connectivity index is 1.81. The van der Waals surface area contributed by atoms with E-state index in [-0.39, 0.29) is 5.91 Å². The molecule has 2 rings (SSSR count). The van der Waals surface area contributed by atoms with Crippen molar-refractivity contribution in [3.8, 4) is 0 Å². The van der Waals surface area contributed by atoms with Crippen LogP contribution in [0, 0.1) is 0 Å². The third-order valence-electron chi connectivity index (χ3n) is 2.77. The average Bonchev–Trinajstić information content (AvgIpc) is 2.97. The summed E-state index contributed by atoms with van der Waals surface area (Å²) >= 11 is 1.70. The largest absolute Gasteiger partial charge is 0.341 e. The zero-order valence-electron chi connectivity index (χ0n) is 10.7. The van der Waals surface area contributed by atoms with E-state index in [4.69, 9.17) is 0 Å². The summed E-state index contributed by atoms with van der Waals surface area (Å²) in [6.07, 6.45) is 5.12. The fourth-order valence-electron chi connectivity index (χ4n) is 1.79. The normalized spacial score (nSPS) is 10.6. The van der Waals surface area contributed by atoms with Crippen molar-refractivity contribution < 1.29 is 4.79 Å². The molecule has 5 heteroatoms. The molecule has 0 bridgehead atoms. The molecular weight excluding hydrogens is 246 g/mol. The first-order valence-corrected chi connectivity index (χ1v) is 6.77. The van der Waals surface area contributed by atoms with Crippen LogP contribution in [0.4, 0.5) is 0 Å². The van der Waals surface area contributed by atoms with Crippen LogP contribution in [0.5, 0.6) is 0 Å². The van der Waals surface area contributed by atoms with Crippen LogP contribution in [-0.2, 0) is 24.8 Å². The van der Waals surface area contributed by atoms with Crippen LogP contribution in [0.15, 0.2) is 29.9 Å². The van der Waals surface area contributed by atoms with Crippen molar-refractivity contribution in [1.82, 2.24) is 14.7 Å². The lowest BCUT2D eigenvalue weighted by molar-refractivity contribution is -0.130. The number of nitrogens with zero attached hydrogens (tertiary/aromatic N) is 3. The molecule has 0 unspecified atom stereocenters. The van der Waals surface area contributed by atoms with Gasteiger partial charge in [-0.2, -0.15) is 5.10 Å². The first-order chi connectivity index (χ1) is 8.65. The van der Waals surface area contributed by atoms with Gasteiger partial charge >= 0.3 is 0 Å². The number of rotatable bonds is 5. The van der Waals surface area contributed by atoms with Crippen molar-refractivity contribution in [3.63, 3.8) is 0 Å². The summed E-state index contributed by atoms with van der Waals surface area (Å²) < 4.78 is 1.75. The molecule has 1 amide bonds. The van der Waals surface area contributed by atoms with Crippen molar-refractivity contribution in [2.24, 2.45) is 7.05 Å². The van der Waals surface area contributed by atoms with E-state index in [1.54, 1.807) is 27.1 Å². The molecule has 18 heavy (non-hydrogen) atoms. The Kier molecular flexibility index (Phi) is 4.15. The predicted molar refractivity (Wildman–Crippen MR) is 72.3 cm³/mol. The van der Waals surface area contributed by atoms with Crippen LogP contribution in [0.1, 0.15) is 16.9 Å². The molecule has 0 fully saturated rings. The third-order valence-corrected chi connectivity index (χ3v) is 3.71. The van der Waals surface area contributed by atoms with E-state index in [0.717, 1.165) is 12.0 Å². The molecule has 0 N–H and O–H groups in total. The lowest BCUT2D eigenvalue weighted by Crippen LogP contribution is -2.26. The van der Waals surface area contributed by atoms with E-state index in [1.807, 2.05) is 31.7 Å². The molecule has 0 aliphatic heterocycles. The van der Waals surface area contributed by atoms with Gasteiger partial charge in [0.05, 0.1) is 6.20 Å². The topological polar surface area (TPSA) is 38.1 Å². The van der Waals surface area contributed by atoms with E-state index in [9.17, 15) is 4.79 Å². The number of aromatic nitrogens is 2. The minimum absolute atomic E-state index is 0.173. The molecule has 0 saturated heterocycles. The molecule has 96 valence electrons. The van der Waals surface area contributed by atoms with Crippen molar-refractivity contribution in [2.45, 2.75) is 19.4 Å². The number of amides is 1. The Bertz CT molecular complexity index is 504. The summed E-state index contributed by atoms with van der Waals surface area (Å²) in [5, 5.41) is 6.14.